The molecular formula is C11H13BrN2O2. The molecule has 0 bridgehead atoms. The second-order valence-electron chi connectivity index (χ2n) is 3.18. The number of nitrogens with one attached hydrogen (secondary N) is 1. The minimum atomic E-state index is -0.194. The fourth-order valence-corrected chi connectivity index (χ4v) is 1.48. The summed E-state index contributed by atoms with van der Waals surface area (Å²) in [5, 5.41) is 12.3. The van der Waals surface area contributed by atoms with Gasteiger partial charge in [0, 0.05) is 17.5 Å². The predicted molar refractivity (Wildman–Crippen MR) is 66.2 cm³/mol. The first kappa shape index (κ1) is 12.9. The zero-order chi connectivity index (χ0) is 11.8. The van der Waals surface area contributed by atoms with Crippen LogP contribution >= 0.6 is 15.9 Å². The second kappa shape index (κ2) is 7.14. The van der Waals surface area contributed by atoms with Gasteiger partial charge in [0.15, 0.2) is 0 Å². The Kier molecular flexibility index (Phi) is 5.74. The van der Waals surface area contributed by atoms with E-state index in [-0.39, 0.29) is 18.9 Å². The Labute approximate surface area is 102 Å². The number of carbonyl (C=O) groups excluding carboxylic acids is 1. The molecule has 0 radical (unpaired) electrons. The Morgan fingerprint density at radius 1 is 1.56 bits per heavy atom. The van der Waals surface area contributed by atoms with E-state index in [0.717, 1.165) is 10.0 Å². The van der Waals surface area contributed by atoms with Crippen molar-refractivity contribution in [2.75, 3.05) is 6.61 Å². The summed E-state index contributed by atoms with van der Waals surface area (Å²) in [6, 6.07) is 7.58. The molecule has 1 amide bonds. The van der Waals surface area contributed by atoms with Gasteiger partial charge < -0.3 is 5.11 Å². The smallest absolute Gasteiger partial charge is 0.240 e. The summed E-state index contributed by atoms with van der Waals surface area (Å²) >= 11 is 3.34. The van der Waals surface area contributed by atoms with Crippen LogP contribution in [-0.2, 0) is 4.79 Å². The molecule has 0 saturated heterocycles. The average Bonchev–Trinajstić information content (AvgIpc) is 2.26. The van der Waals surface area contributed by atoms with Crippen molar-refractivity contribution < 1.29 is 9.90 Å². The van der Waals surface area contributed by atoms with Gasteiger partial charge in [-0.25, -0.2) is 5.43 Å². The topological polar surface area (TPSA) is 61.7 Å². The van der Waals surface area contributed by atoms with Crippen molar-refractivity contribution in [3.8, 4) is 0 Å². The minimum absolute atomic E-state index is 0.0166. The molecule has 0 aromatic heterocycles. The molecule has 5 heteroatoms. The summed E-state index contributed by atoms with van der Waals surface area (Å²) in [4.78, 5) is 11.1. The number of benzene rings is 1. The summed E-state index contributed by atoms with van der Waals surface area (Å²) in [5.74, 6) is -0.194. The van der Waals surface area contributed by atoms with Crippen LogP contribution in [0.25, 0.3) is 0 Å². The molecule has 86 valence electrons. The van der Waals surface area contributed by atoms with Gasteiger partial charge in [-0.15, -0.1) is 0 Å². The lowest BCUT2D eigenvalue weighted by molar-refractivity contribution is -0.121. The van der Waals surface area contributed by atoms with Crippen LogP contribution in [0.5, 0.6) is 0 Å². The van der Waals surface area contributed by atoms with E-state index in [1.807, 2.05) is 24.3 Å². The summed E-state index contributed by atoms with van der Waals surface area (Å²) in [6.45, 7) is 0.0166. The molecule has 0 spiro atoms. The molecule has 1 aromatic carbocycles. The normalized spacial score (nSPS) is 10.6. The van der Waals surface area contributed by atoms with Crippen molar-refractivity contribution in [3.63, 3.8) is 0 Å². The molecule has 0 unspecified atom stereocenters. The zero-order valence-corrected chi connectivity index (χ0v) is 10.3. The van der Waals surface area contributed by atoms with E-state index in [2.05, 4.69) is 26.5 Å². The SMILES string of the molecule is O=C(CCCO)N/N=C\c1cccc(Br)c1. The van der Waals surface area contributed by atoms with Crippen LogP contribution in [0.15, 0.2) is 33.8 Å². The van der Waals surface area contributed by atoms with Crippen LogP contribution in [0.3, 0.4) is 0 Å². The first-order valence-corrected chi connectivity index (χ1v) is 5.70. The van der Waals surface area contributed by atoms with Crippen molar-refractivity contribution in [2.45, 2.75) is 12.8 Å². The zero-order valence-electron chi connectivity index (χ0n) is 8.69. The van der Waals surface area contributed by atoms with Gasteiger partial charge >= 0.3 is 0 Å². The summed E-state index contributed by atoms with van der Waals surface area (Å²) in [5.41, 5.74) is 3.29. The van der Waals surface area contributed by atoms with Gasteiger partial charge in [-0.2, -0.15) is 5.10 Å². The average molecular weight is 285 g/mol. The van der Waals surface area contributed by atoms with Crippen molar-refractivity contribution in [1.82, 2.24) is 5.43 Å². The highest BCUT2D eigenvalue weighted by molar-refractivity contribution is 9.10. The fraction of sp³-hybridized carbons (Fsp3) is 0.273. The first-order chi connectivity index (χ1) is 7.72. The van der Waals surface area contributed by atoms with Crippen molar-refractivity contribution >= 4 is 28.1 Å². The number of aliphatic hydroxyl groups excluding tert-OH is 1. The third-order valence-electron chi connectivity index (χ3n) is 1.81. The first-order valence-electron chi connectivity index (χ1n) is 4.90. The Bertz CT molecular complexity index is 380. The van der Waals surface area contributed by atoms with Crippen LogP contribution < -0.4 is 5.43 Å². The molecule has 0 aliphatic carbocycles. The van der Waals surface area contributed by atoms with Gasteiger partial charge in [-0.05, 0) is 24.1 Å². The Hall–Kier alpha value is -1.20. The number of hydrogen-bond donors (Lipinski definition) is 2. The second-order valence-corrected chi connectivity index (χ2v) is 4.09. The highest BCUT2D eigenvalue weighted by atomic mass is 79.9. The number of aliphatic hydroxyl groups is 1. The van der Waals surface area contributed by atoms with E-state index in [9.17, 15) is 4.79 Å². The lowest BCUT2D eigenvalue weighted by Gasteiger charge is -1.97. The van der Waals surface area contributed by atoms with Gasteiger partial charge in [-0.3, -0.25) is 4.79 Å². The molecule has 0 atom stereocenters. The van der Waals surface area contributed by atoms with E-state index in [1.165, 1.54) is 0 Å². The number of nitrogens with zero attached hydrogens (tertiary/aromatic N) is 1. The monoisotopic (exact) mass is 284 g/mol. The minimum Gasteiger partial charge on any atom is -0.396 e. The number of amides is 1. The van der Waals surface area contributed by atoms with Gasteiger partial charge in [0.2, 0.25) is 5.91 Å². The molecule has 0 fully saturated rings. The molecule has 0 aliphatic rings. The third-order valence-corrected chi connectivity index (χ3v) is 2.31. The lowest BCUT2D eigenvalue weighted by atomic mass is 10.2. The molecule has 4 nitrogen and oxygen atoms in total. The largest absolute Gasteiger partial charge is 0.396 e. The van der Waals surface area contributed by atoms with E-state index in [0.29, 0.717) is 6.42 Å². The Morgan fingerprint density at radius 2 is 2.38 bits per heavy atom. The number of hydrogen-bond acceptors (Lipinski definition) is 3. The van der Waals surface area contributed by atoms with Crippen LogP contribution in [0, 0.1) is 0 Å². The number of rotatable bonds is 5. The number of halogens is 1. The van der Waals surface area contributed by atoms with E-state index in [4.69, 9.17) is 5.11 Å². The van der Waals surface area contributed by atoms with E-state index < -0.39 is 0 Å². The van der Waals surface area contributed by atoms with E-state index in [1.54, 1.807) is 6.21 Å². The summed E-state index contributed by atoms with van der Waals surface area (Å²) < 4.78 is 0.961. The maximum Gasteiger partial charge on any atom is 0.240 e. The Morgan fingerprint density at radius 3 is 3.06 bits per heavy atom. The van der Waals surface area contributed by atoms with Crippen molar-refractivity contribution in [1.29, 1.82) is 0 Å². The van der Waals surface area contributed by atoms with Gasteiger partial charge in [0.25, 0.3) is 0 Å². The molecule has 0 saturated carbocycles. The fourth-order valence-electron chi connectivity index (χ4n) is 1.06. The molecule has 0 heterocycles. The van der Waals surface area contributed by atoms with Crippen molar-refractivity contribution in [3.05, 3.63) is 34.3 Å². The highest BCUT2D eigenvalue weighted by Gasteiger charge is 1.97. The van der Waals surface area contributed by atoms with Crippen LogP contribution in [-0.4, -0.2) is 23.8 Å². The molecule has 0 aliphatic heterocycles. The molecule has 2 N–H and O–H groups in total. The van der Waals surface area contributed by atoms with Crippen molar-refractivity contribution in [2.24, 2.45) is 5.10 Å². The summed E-state index contributed by atoms with van der Waals surface area (Å²) in [7, 11) is 0. The highest BCUT2D eigenvalue weighted by Crippen LogP contribution is 2.09. The number of carbonyl (C=O) groups is 1. The third kappa shape index (κ3) is 5.04. The standard InChI is InChI=1S/C11H13BrN2O2/c12-10-4-1-3-9(7-10)8-13-14-11(16)5-2-6-15/h1,3-4,7-8,15H,2,5-6H2,(H,14,16)/b13-8-. The number of hydrazone groups is 1. The maximum absolute atomic E-state index is 11.1. The lowest BCUT2D eigenvalue weighted by Crippen LogP contribution is -2.17. The van der Waals surface area contributed by atoms with Gasteiger partial charge in [-0.1, -0.05) is 28.1 Å². The Balaban J connectivity index is 2.40. The van der Waals surface area contributed by atoms with Gasteiger partial charge in [0.05, 0.1) is 6.21 Å². The maximum atomic E-state index is 11.1. The molecule has 1 aromatic rings. The predicted octanol–water partition coefficient (Wildman–Crippen LogP) is 1.67. The molecule has 1 rings (SSSR count). The summed E-state index contributed by atoms with van der Waals surface area (Å²) in [6.07, 6.45) is 2.31. The van der Waals surface area contributed by atoms with Crippen LogP contribution in [0.1, 0.15) is 18.4 Å². The molecular weight excluding hydrogens is 272 g/mol. The van der Waals surface area contributed by atoms with Crippen LogP contribution in [0.4, 0.5) is 0 Å². The quantitative estimate of drug-likeness (QED) is 0.638. The molecule has 16 heavy (non-hydrogen) atoms. The van der Waals surface area contributed by atoms with E-state index >= 15 is 0 Å². The van der Waals surface area contributed by atoms with Crippen LogP contribution in [0.2, 0.25) is 0 Å². The van der Waals surface area contributed by atoms with Gasteiger partial charge in [0.1, 0.15) is 0 Å².